The summed E-state index contributed by atoms with van der Waals surface area (Å²) in [5.74, 6) is 0. The number of aryl methyl sites for hydroxylation is 2. The summed E-state index contributed by atoms with van der Waals surface area (Å²) >= 11 is 0. The van der Waals surface area contributed by atoms with E-state index in [2.05, 4.69) is 21.0 Å². The minimum atomic E-state index is -0.375. The smallest absolute Gasteiger partial charge is 0.336 e. The Morgan fingerprint density at radius 3 is 2.91 bits per heavy atom. The minimum Gasteiger partial charge on any atom is -0.422 e. The van der Waals surface area contributed by atoms with Gasteiger partial charge in [-0.1, -0.05) is 5.11 Å². The number of hydrogen-bond donors (Lipinski definition) is 0. The first-order valence-electron chi connectivity index (χ1n) is 7.65. The monoisotopic (exact) mass is 296 g/mol. The molecular formula is C16H16N4O2. The van der Waals surface area contributed by atoms with Crippen molar-refractivity contribution in [3.05, 3.63) is 49.7 Å². The van der Waals surface area contributed by atoms with Gasteiger partial charge in [0, 0.05) is 40.7 Å². The third-order valence-electron chi connectivity index (χ3n) is 4.62. The Hall–Kier alpha value is -2.46. The second-order valence-electron chi connectivity index (χ2n) is 5.91. The zero-order chi connectivity index (χ0) is 15.1. The zero-order valence-electron chi connectivity index (χ0n) is 12.2. The molecule has 6 heteroatoms. The van der Waals surface area contributed by atoms with E-state index in [4.69, 9.17) is 9.95 Å². The van der Waals surface area contributed by atoms with E-state index in [1.54, 1.807) is 0 Å². The van der Waals surface area contributed by atoms with Crippen LogP contribution in [0, 0.1) is 0 Å². The third kappa shape index (κ3) is 1.96. The quantitative estimate of drug-likeness (QED) is 0.369. The van der Waals surface area contributed by atoms with Crippen LogP contribution in [0.1, 0.15) is 29.5 Å². The van der Waals surface area contributed by atoms with Gasteiger partial charge in [0.1, 0.15) is 5.58 Å². The van der Waals surface area contributed by atoms with Crippen LogP contribution in [0.4, 0.5) is 5.69 Å². The van der Waals surface area contributed by atoms with Crippen LogP contribution in [0.2, 0.25) is 0 Å². The van der Waals surface area contributed by atoms with E-state index in [0.29, 0.717) is 5.58 Å². The molecule has 2 aromatic rings. The number of benzene rings is 1. The molecule has 3 heterocycles. The van der Waals surface area contributed by atoms with Gasteiger partial charge in [-0.15, -0.1) is 0 Å². The molecule has 2 aliphatic heterocycles. The molecule has 1 aromatic heterocycles. The molecule has 112 valence electrons. The van der Waals surface area contributed by atoms with Crippen LogP contribution >= 0.6 is 0 Å². The van der Waals surface area contributed by atoms with E-state index < -0.39 is 0 Å². The van der Waals surface area contributed by atoms with E-state index in [1.807, 2.05) is 0 Å². The summed E-state index contributed by atoms with van der Waals surface area (Å²) in [5, 5.41) is 4.54. The lowest BCUT2D eigenvalue weighted by Crippen LogP contribution is -2.34. The molecule has 0 saturated heterocycles. The maximum atomic E-state index is 11.9. The van der Waals surface area contributed by atoms with Gasteiger partial charge in [-0.2, -0.15) is 0 Å². The Labute approximate surface area is 127 Å². The molecule has 4 rings (SSSR count). The molecule has 0 radical (unpaired) electrons. The fourth-order valence-corrected chi connectivity index (χ4v) is 3.77. The van der Waals surface area contributed by atoms with Crippen molar-refractivity contribution < 1.29 is 4.42 Å². The summed E-state index contributed by atoms with van der Waals surface area (Å²) in [4.78, 5) is 17.1. The van der Waals surface area contributed by atoms with E-state index in [0.717, 1.165) is 55.3 Å². The molecule has 6 nitrogen and oxygen atoms in total. The molecule has 2 aliphatic rings. The van der Waals surface area contributed by atoms with Crippen molar-refractivity contribution in [2.24, 2.45) is 5.11 Å². The molecule has 0 aliphatic carbocycles. The number of fused-ring (bicyclic) bond motifs is 2. The van der Waals surface area contributed by atoms with Gasteiger partial charge < -0.3 is 9.32 Å². The first-order chi connectivity index (χ1) is 10.8. The average molecular weight is 296 g/mol. The lowest BCUT2D eigenvalue weighted by Gasteiger charge is -2.37. The minimum absolute atomic E-state index is 0.181. The molecular weight excluding hydrogens is 280 g/mol. The number of azide groups is 1. The number of hydrogen-bond acceptors (Lipinski definition) is 4. The molecule has 1 aromatic carbocycles. The van der Waals surface area contributed by atoms with Crippen LogP contribution in [0.3, 0.4) is 0 Å². The van der Waals surface area contributed by atoms with Crippen molar-refractivity contribution in [2.45, 2.75) is 32.2 Å². The Morgan fingerprint density at radius 2 is 2.09 bits per heavy atom. The van der Waals surface area contributed by atoms with Crippen molar-refractivity contribution in [1.82, 2.24) is 0 Å². The summed E-state index contributed by atoms with van der Waals surface area (Å²) in [6.45, 7) is 2.34. The largest absolute Gasteiger partial charge is 0.422 e. The molecule has 22 heavy (non-hydrogen) atoms. The molecule has 0 spiro atoms. The highest BCUT2D eigenvalue weighted by Crippen LogP contribution is 2.40. The van der Waals surface area contributed by atoms with Gasteiger partial charge in [0.2, 0.25) is 0 Å². The maximum Gasteiger partial charge on any atom is 0.336 e. The molecule has 0 saturated carbocycles. The van der Waals surface area contributed by atoms with Crippen molar-refractivity contribution in [3.63, 3.8) is 0 Å². The first-order valence-corrected chi connectivity index (χ1v) is 7.65. The Morgan fingerprint density at radius 1 is 1.27 bits per heavy atom. The fraction of sp³-hybridized carbons (Fsp3) is 0.438. The summed E-state index contributed by atoms with van der Waals surface area (Å²) in [6, 6.07) is 3.57. The van der Waals surface area contributed by atoms with Crippen LogP contribution in [-0.4, -0.2) is 13.1 Å². The van der Waals surface area contributed by atoms with Crippen LogP contribution in [0.5, 0.6) is 0 Å². The van der Waals surface area contributed by atoms with E-state index in [-0.39, 0.29) is 12.2 Å². The Bertz CT molecular complexity index is 863. The van der Waals surface area contributed by atoms with Gasteiger partial charge in [-0.25, -0.2) is 4.79 Å². The molecule has 0 unspecified atom stereocenters. The molecule has 0 N–H and O–H groups in total. The van der Waals surface area contributed by atoms with Gasteiger partial charge >= 0.3 is 5.63 Å². The van der Waals surface area contributed by atoms with Crippen LogP contribution in [0.25, 0.3) is 21.4 Å². The summed E-state index contributed by atoms with van der Waals surface area (Å²) < 4.78 is 5.54. The normalized spacial score (nSPS) is 16.3. The highest BCUT2D eigenvalue weighted by Gasteiger charge is 2.27. The number of nitrogens with zero attached hydrogens (tertiary/aromatic N) is 4. The predicted molar refractivity (Wildman–Crippen MR) is 84.2 cm³/mol. The van der Waals surface area contributed by atoms with E-state index in [1.165, 1.54) is 17.3 Å². The second kappa shape index (κ2) is 5.07. The standard InChI is InChI=1S/C16H16N4O2/c17-19-18-9-11-8-14(21)22-16-12-4-2-6-20-5-1-3-10(15(12)20)7-13(11)16/h7-8H,1-6,9H2. The zero-order valence-corrected chi connectivity index (χ0v) is 12.2. The molecule has 0 atom stereocenters. The van der Waals surface area contributed by atoms with Crippen LogP contribution in [-0.2, 0) is 19.4 Å². The topological polar surface area (TPSA) is 82.2 Å². The van der Waals surface area contributed by atoms with E-state index in [9.17, 15) is 4.79 Å². The number of rotatable bonds is 2. The van der Waals surface area contributed by atoms with Crippen molar-refractivity contribution in [2.75, 3.05) is 18.0 Å². The van der Waals surface area contributed by atoms with Gasteiger partial charge in [0.25, 0.3) is 0 Å². The Balaban J connectivity index is 2.05. The SMILES string of the molecule is [N-]=[N+]=NCc1cc(=O)oc2c3c4c(cc12)CCCN4CCC3. The van der Waals surface area contributed by atoms with Crippen molar-refractivity contribution in [3.8, 4) is 0 Å². The first kappa shape index (κ1) is 13.2. The van der Waals surface area contributed by atoms with Gasteiger partial charge in [0.05, 0.1) is 6.54 Å². The van der Waals surface area contributed by atoms with Crippen molar-refractivity contribution >= 4 is 16.7 Å². The summed E-state index contributed by atoms with van der Waals surface area (Å²) in [5.41, 5.74) is 13.4. The fourth-order valence-electron chi connectivity index (χ4n) is 3.77. The highest BCUT2D eigenvalue weighted by molar-refractivity contribution is 5.90. The lowest BCUT2D eigenvalue weighted by molar-refractivity contribution is 0.547. The Kier molecular flexibility index (Phi) is 3.05. The van der Waals surface area contributed by atoms with Crippen LogP contribution < -0.4 is 10.5 Å². The summed E-state index contributed by atoms with van der Waals surface area (Å²) in [6.07, 6.45) is 4.22. The maximum absolute atomic E-state index is 11.9. The van der Waals surface area contributed by atoms with E-state index >= 15 is 0 Å². The molecule has 0 bridgehead atoms. The molecule has 0 fully saturated rings. The van der Waals surface area contributed by atoms with Gasteiger partial charge in [-0.05, 0) is 48.4 Å². The van der Waals surface area contributed by atoms with Crippen molar-refractivity contribution in [1.29, 1.82) is 0 Å². The third-order valence-corrected chi connectivity index (χ3v) is 4.62. The van der Waals surface area contributed by atoms with Gasteiger partial charge in [-0.3, -0.25) is 0 Å². The van der Waals surface area contributed by atoms with Gasteiger partial charge in [0.15, 0.2) is 0 Å². The predicted octanol–water partition coefficient (Wildman–Crippen LogP) is 3.30. The number of anilines is 1. The lowest BCUT2D eigenvalue weighted by atomic mass is 9.89. The molecule has 0 amide bonds. The summed E-state index contributed by atoms with van der Waals surface area (Å²) in [7, 11) is 0. The van der Waals surface area contributed by atoms with Crippen LogP contribution in [0.15, 0.2) is 26.5 Å². The highest BCUT2D eigenvalue weighted by atomic mass is 16.4. The average Bonchev–Trinajstić information content (AvgIpc) is 2.54. The second-order valence-corrected chi connectivity index (χ2v) is 5.91.